The van der Waals surface area contributed by atoms with E-state index >= 15 is 0 Å². The van der Waals surface area contributed by atoms with Gasteiger partial charge in [0.05, 0.1) is 6.61 Å². The fourth-order valence-electron chi connectivity index (χ4n) is 1.66. The van der Waals surface area contributed by atoms with E-state index in [9.17, 15) is 0 Å². The second kappa shape index (κ2) is 5.66. The summed E-state index contributed by atoms with van der Waals surface area (Å²) >= 11 is 0. The molecule has 0 amide bonds. The molecule has 6 heteroatoms. The Hall–Kier alpha value is -1.58. The molecule has 0 radical (unpaired) electrons. The molecule has 1 atom stereocenters. The Labute approximate surface area is 127 Å². The van der Waals surface area contributed by atoms with E-state index in [1.54, 1.807) is 12.1 Å². The van der Waals surface area contributed by atoms with Crippen molar-refractivity contribution in [1.82, 2.24) is 4.98 Å². The van der Waals surface area contributed by atoms with Gasteiger partial charge in [0.1, 0.15) is 18.4 Å². The number of hydrogen-bond acceptors (Lipinski definition) is 5. The molecule has 2 heterocycles. The molecule has 114 valence electrons. The molecule has 0 spiro atoms. The van der Waals surface area contributed by atoms with Crippen LogP contribution in [-0.4, -0.2) is 32.6 Å². The first kappa shape index (κ1) is 15.8. The maximum Gasteiger partial charge on any atom is 0.258 e. The van der Waals surface area contributed by atoms with Crippen molar-refractivity contribution in [3.8, 4) is 17.7 Å². The molecule has 0 saturated carbocycles. The van der Waals surface area contributed by atoms with Crippen LogP contribution < -0.4 is 9.47 Å². The largest absolute Gasteiger partial charge is 0.484 e. The van der Waals surface area contributed by atoms with Crippen LogP contribution in [0.4, 0.5) is 0 Å². The third kappa shape index (κ3) is 3.55. The van der Waals surface area contributed by atoms with Crippen molar-refractivity contribution in [2.45, 2.75) is 45.0 Å². The predicted octanol–water partition coefficient (Wildman–Crippen LogP) is 3.11. The van der Waals surface area contributed by atoms with Crippen LogP contribution in [0.25, 0.3) is 0 Å². The summed E-state index contributed by atoms with van der Waals surface area (Å²) in [7, 11) is -1.81. The number of hydrogen-bond donors (Lipinski definition) is 0. The summed E-state index contributed by atoms with van der Waals surface area (Å²) in [6, 6.07) is 5.33. The first-order valence-electron chi connectivity index (χ1n) is 7.07. The molecule has 0 saturated heterocycles. The summed E-state index contributed by atoms with van der Waals surface area (Å²) in [6.07, 6.45) is -0.187. The summed E-state index contributed by atoms with van der Waals surface area (Å²) < 4.78 is 17.6. The normalized spacial score (nSPS) is 18.2. The fraction of sp³-hybridized carbons (Fsp3) is 0.600. The number of aromatic nitrogens is 1. The quantitative estimate of drug-likeness (QED) is 0.803. The van der Waals surface area contributed by atoms with Gasteiger partial charge >= 0.3 is 0 Å². The Morgan fingerprint density at radius 3 is 2.76 bits per heavy atom. The minimum Gasteiger partial charge on any atom is -0.484 e. The number of rotatable bonds is 3. The highest BCUT2D eigenvalue weighted by molar-refractivity contribution is 6.74. The maximum absolute atomic E-state index is 8.88. The Morgan fingerprint density at radius 2 is 2.14 bits per heavy atom. The van der Waals surface area contributed by atoms with Gasteiger partial charge in [0.2, 0.25) is 0 Å². The lowest BCUT2D eigenvalue weighted by Crippen LogP contribution is -2.45. The second-order valence-electron chi connectivity index (χ2n) is 6.73. The van der Waals surface area contributed by atoms with Crippen LogP contribution in [0.15, 0.2) is 12.1 Å². The number of ether oxygens (including phenoxy) is 2. The van der Waals surface area contributed by atoms with Crippen LogP contribution in [0.1, 0.15) is 26.5 Å². The van der Waals surface area contributed by atoms with E-state index in [0.29, 0.717) is 30.5 Å². The average molecular weight is 306 g/mol. The van der Waals surface area contributed by atoms with Crippen LogP contribution in [0.2, 0.25) is 18.1 Å². The lowest BCUT2D eigenvalue weighted by atomic mass is 10.2. The fourth-order valence-corrected chi connectivity index (χ4v) is 2.69. The molecule has 1 aromatic rings. The van der Waals surface area contributed by atoms with Crippen LogP contribution in [0.3, 0.4) is 0 Å². The zero-order valence-electron chi connectivity index (χ0n) is 13.3. The maximum atomic E-state index is 8.88. The first-order chi connectivity index (χ1) is 9.73. The van der Waals surface area contributed by atoms with Crippen molar-refractivity contribution >= 4 is 8.32 Å². The summed E-state index contributed by atoms with van der Waals surface area (Å²) in [5.41, 5.74) is 0.323. The molecule has 0 aromatic carbocycles. The van der Waals surface area contributed by atoms with Gasteiger partial charge in [-0.25, -0.2) is 0 Å². The molecule has 1 aromatic heterocycles. The monoisotopic (exact) mass is 306 g/mol. The third-order valence-corrected chi connectivity index (χ3v) is 8.58. The van der Waals surface area contributed by atoms with E-state index in [-0.39, 0.29) is 11.1 Å². The molecule has 0 bridgehead atoms. The lowest BCUT2D eigenvalue weighted by Gasteiger charge is -2.37. The standard InChI is InChI=1S/C15H22N2O3Si/c1-15(2,3)21(4,5)19-10-12-9-18-13-7-6-11(8-16)17-14(13)20-12/h6-7,12H,9-10H2,1-5H3. The van der Waals surface area contributed by atoms with Gasteiger partial charge in [-0.15, -0.1) is 0 Å². The highest BCUT2D eigenvalue weighted by atomic mass is 28.4. The van der Waals surface area contributed by atoms with E-state index in [0.717, 1.165) is 0 Å². The number of fused-ring (bicyclic) bond motifs is 1. The predicted molar refractivity (Wildman–Crippen MR) is 82.0 cm³/mol. The van der Waals surface area contributed by atoms with E-state index in [4.69, 9.17) is 19.2 Å². The van der Waals surface area contributed by atoms with Crippen molar-refractivity contribution in [2.24, 2.45) is 0 Å². The number of nitrogens with zero attached hydrogens (tertiary/aromatic N) is 2. The zero-order chi connectivity index (χ0) is 15.7. The highest BCUT2D eigenvalue weighted by Gasteiger charge is 2.38. The molecule has 1 aliphatic heterocycles. The van der Waals surface area contributed by atoms with Gasteiger partial charge < -0.3 is 13.9 Å². The molecule has 21 heavy (non-hydrogen) atoms. The van der Waals surface area contributed by atoms with Gasteiger partial charge in [-0.2, -0.15) is 10.2 Å². The minimum absolute atomic E-state index is 0.159. The van der Waals surface area contributed by atoms with Crippen molar-refractivity contribution in [3.05, 3.63) is 17.8 Å². The number of nitriles is 1. The molecule has 1 unspecified atom stereocenters. The SMILES string of the molecule is CC(C)(C)[Si](C)(C)OCC1COc2ccc(C#N)nc2O1. The summed E-state index contributed by atoms with van der Waals surface area (Å²) in [5, 5.41) is 9.04. The van der Waals surface area contributed by atoms with E-state index in [1.165, 1.54) is 0 Å². The van der Waals surface area contributed by atoms with E-state index in [2.05, 4.69) is 38.8 Å². The Bertz CT molecular complexity index is 561. The van der Waals surface area contributed by atoms with Gasteiger partial charge in [-0.05, 0) is 30.3 Å². The van der Waals surface area contributed by atoms with Crippen molar-refractivity contribution in [3.63, 3.8) is 0 Å². The molecule has 1 aliphatic rings. The van der Waals surface area contributed by atoms with Gasteiger partial charge in [-0.3, -0.25) is 0 Å². The van der Waals surface area contributed by atoms with Crippen molar-refractivity contribution in [2.75, 3.05) is 13.2 Å². The Morgan fingerprint density at radius 1 is 1.43 bits per heavy atom. The molecule has 0 N–H and O–H groups in total. The third-order valence-electron chi connectivity index (χ3n) is 4.08. The van der Waals surface area contributed by atoms with Gasteiger partial charge in [0.15, 0.2) is 20.2 Å². The van der Waals surface area contributed by atoms with Crippen LogP contribution in [0.5, 0.6) is 11.6 Å². The number of pyridine rings is 1. The average Bonchev–Trinajstić information content (AvgIpc) is 2.43. The van der Waals surface area contributed by atoms with E-state index in [1.807, 2.05) is 6.07 Å². The Balaban J connectivity index is 2.01. The molecule has 0 aliphatic carbocycles. The van der Waals surface area contributed by atoms with Gasteiger partial charge in [0.25, 0.3) is 5.88 Å². The van der Waals surface area contributed by atoms with Crippen LogP contribution in [-0.2, 0) is 4.43 Å². The van der Waals surface area contributed by atoms with Crippen LogP contribution >= 0.6 is 0 Å². The second-order valence-corrected chi connectivity index (χ2v) is 11.5. The van der Waals surface area contributed by atoms with Crippen molar-refractivity contribution < 1.29 is 13.9 Å². The zero-order valence-corrected chi connectivity index (χ0v) is 14.3. The van der Waals surface area contributed by atoms with Crippen LogP contribution in [0, 0.1) is 11.3 Å². The molecular weight excluding hydrogens is 284 g/mol. The van der Waals surface area contributed by atoms with Gasteiger partial charge in [-0.1, -0.05) is 20.8 Å². The molecule has 0 fully saturated rings. The molecular formula is C15H22N2O3Si. The topological polar surface area (TPSA) is 64.4 Å². The molecule has 5 nitrogen and oxygen atoms in total. The van der Waals surface area contributed by atoms with Gasteiger partial charge in [0, 0.05) is 0 Å². The lowest BCUT2D eigenvalue weighted by molar-refractivity contribution is 0.0446. The summed E-state index contributed by atoms with van der Waals surface area (Å²) in [5.74, 6) is 0.960. The summed E-state index contributed by atoms with van der Waals surface area (Å²) in [6.45, 7) is 11.9. The summed E-state index contributed by atoms with van der Waals surface area (Å²) in [4.78, 5) is 4.12. The first-order valence-corrected chi connectivity index (χ1v) is 9.98. The Kier molecular flexibility index (Phi) is 4.26. The highest BCUT2D eigenvalue weighted by Crippen LogP contribution is 2.37. The van der Waals surface area contributed by atoms with Crippen molar-refractivity contribution in [1.29, 1.82) is 5.26 Å². The minimum atomic E-state index is -1.81. The smallest absolute Gasteiger partial charge is 0.258 e. The van der Waals surface area contributed by atoms with E-state index < -0.39 is 8.32 Å². The molecule has 2 rings (SSSR count).